The summed E-state index contributed by atoms with van der Waals surface area (Å²) in [7, 11) is 0.468. The standard InChI is InChI=1S/C28H30FNO6S/c1-28(2)16-30-15-18-11-24(33-3)27(36-37(31,32)20-8-6-7-19(29)12-20)10-17(18)9-23(30)21-13-25(34-4)26(35-5)14-22(21)28/h6-8,10-14,23H,9,15-16H2,1-5H3. The lowest BCUT2D eigenvalue weighted by atomic mass is 9.73. The molecule has 0 saturated carbocycles. The molecular weight excluding hydrogens is 497 g/mol. The minimum atomic E-state index is -4.26. The number of rotatable bonds is 6. The average Bonchev–Trinajstić information content (AvgIpc) is 2.86. The topological polar surface area (TPSA) is 74.3 Å². The Kier molecular flexibility index (Phi) is 6.32. The van der Waals surface area contributed by atoms with Crippen molar-refractivity contribution < 1.29 is 31.2 Å². The van der Waals surface area contributed by atoms with Crippen molar-refractivity contribution in [1.29, 1.82) is 0 Å². The fourth-order valence-electron chi connectivity index (χ4n) is 5.48. The van der Waals surface area contributed by atoms with Crippen LogP contribution in [0.25, 0.3) is 0 Å². The summed E-state index contributed by atoms with van der Waals surface area (Å²) < 4.78 is 61.6. The van der Waals surface area contributed by atoms with Crippen molar-refractivity contribution in [2.45, 2.75) is 43.2 Å². The number of nitrogens with zero attached hydrogens (tertiary/aromatic N) is 1. The molecule has 0 bridgehead atoms. The summed E-state index contributed by atoms with van der Waals surface area (Å²) >= 11 is 0. The molecule has 2 heterocycles. The first-order valence-corrected chi connectivity index (χ1v) is 13.4. The molecule has 1 unspecified atom stereocenters. The summed E-state index contributed by atoms with van der Waals surface area (Å²) in [6.07, 6.45) is 0.647. The Hall–Kier alpha value is -3.30. The zero-order chi connectivity index (χ0) is 26.5. The first kappa shape index (κ1) is 25.4. The van der Waals surface area contributed by atoms with E-state index in [4.69, 9.17) is 18.4 Å². The van der Waals surface area contributed by atoms with Gasteiger partial charge in [0.1, 0.15) is 10.7 Å². The summed E-state index contributed by atoms with van der Waals surface area (Å²) in [5.74, 6) is 1.09. The van der Waals surface area contributed by atoms with Gasteiger partial charge in [-0.1, -0.05) is 19.9 Å². The Balaban J connectivity index is 1.55. The second-order valence-electron chi connectivity index (χ2n) is 10.1. The van der Waals surface area contributed by atoms with Crippen LogP contribution in [0.4, 0.5) is 4.39 Å². The van der Waals surface area contributed by atoms with Gasteiger partial charge in [0.05, 0.1) is 21.3 Å². The third-order valence-corrected chi connectivity index (χ3v) is 8.47. The SMILES string of the molecule is COc1cc2c(cc1OC)C(C)(C)CN1Cc3cc(OC)c(OS(=O)(=O)c4cccc(F)c4)cc3CC21. The van der Waals surface area contributed by atoms with Gasteiger partial charge >= 0.3 is 10.1 Å². The summed E-state index contributed by atoms with van der Waals surface area (Å²) in [5, 5.41) is 0. The van der Waals surface area contributed by atoms with Crippen molar-refractivity contribution in [3.05, 3.63) is 76.6 Å². The smallest absolute Gasteiger partial charge is 0.339 e. The second kappa shape index (κ2) is 9.22. The quantitative estimate of drug-likeness (QED) is 0.417. The maximum Gasteiger partial charge on any atom is 0.339 e. The summed E-state index contributed by atoms with van der Waals surface area (Å²) in [6.45, 7) is 5.95. The van der Waals surface area contributed by atoms with Crippen LogP contribution in [-0.2, 0) is 28.5 Å². The van der Waals surface area contributed by atoms with Crippen molar-refractivity contribution >= 4 is 10.1 Å². The molecule has 0 amide bonds. The first-order valence-electron chi connectivity index (χ1n) is 12.0. The summed E-state index contributed by atoms with van der Waals surface area (Å²) in [5.41, 5.74) is 4.25. The van der Waals surface area contributed by atoms with Gasteiger partial charge in [-0.25, -0.2) is 4.39 Å². The zero-order valence-corrected chi connectivity index (χ0v) is 22.3. The highest BCUT2D eigenvalue weighted by Gasteiger charge is 2.41. The maximum atomic E-state index is 13.7. The Morgan fingerprint density at radius 1 is 0.892 bits per heavy atom. The number of halogens is 1. The molecule has 5 rings (SSSR count). The van der Waals surface area contributed by atoms with E-state index in [9.17, 15) is 12.8 Å². The lowest BCUT2D eigenvalue weighted by Crippen LogP contribution is -2.47. The molecule has 2 aliphatic heterocycles. The molecular formula is C28H30FNO6S. The summed E-state index contributed by atoms with van der Waals surface area (Å²) in [4.78, 5) is 2.17. The van der Waals surface area contributed by atoms with Crippen LogP contribution >= 0.6 is 0 Å². The number of fused-ring (bicyclic) bond motifs is 4. The number of benzene rings is 3. The normalized spacial score (nSPS) is 18.3. The molecule has 9 heteroatoms. The highest BCUT2D eigenvalue weighted by atomic mass is 32.2. The fourth-order valence-corrected chi connectivity index (χ4v) is 6.45. The van der Waals surface area contributed by atoms with Gasteiger partial charge in [-0.3, -0.25) is 4.90 Å². The molecule has 0 aromatic heterocycles. The highest BCUT2D eigenvalue weighted by molar-refractivity contribution is 7.87. The number of hydrogen-bond donors (Lipinski definition) is 0. The van der Waals surface area contributed by atoms with E-state index < -0.39 is 15.9 Å². The molecule has 3 aromatic carbocycles. The minimum absolute atomic E-state index is 0.0661. The average molecular weight is 528 g/mol. The fraction of sp³-hybridized carbons (Fsp3) is 0.357. The Bertz CT molecular complexity index is 1470. The Morgan fingerprint density at radius 3 is 2.22 bits per heavy atom. The Labute approximate surface area is 216 Å². The van der Waals surface area contributed by atoms with Crippen LogP contribution < -0.4 is 18.4 Å². The molecule has 0 N–H and O–H groups in total. The van der Waals surface area contributed by atoms with Crippen LogP contribution in [0.3, 0.4) is 0 Å². The number of methoxy groups -OCH3 is 3. The van der Waals surface area contributed by atoms with Crippen LogP contribution in [0.5, 0.6) is 23.0 Å². The van der Waals surface area contributed by atoms with Crippen LogP contribution in [0.15, 0.2) is 53.4 Å². The molecule has 3 aromatic rings. The lowest BCUT2D eigenvalue weighted by Gasteiger charge is -2.48. The van der Waals surface area contributed by atoms with Crippen molar-refractivity contribution in [2.24, 2.45) is 0 Å². The van der Waals surface area contributed by atoms with Crippen LogP contribution in [0.1, 0.15) is 42.1 Å². The van der Waals surface area contributed by atoms with E-state index in [1.807, 2.05) is 12.1 Å². The van der Waals surface area contributed by atoms with Gasteiger partial charge in [-0.05, 0) is 71.1 Å². The maximum absolute atomic E-state index is 13.7. The molecule has 0 aliphatic carbocycles. The van der Waals surface area contributed by atoms with Gasteiger partial charge < -0.3 is 18.4 Å². The molecule has 196 valence electrons. The van der Waals surface area contributed by atoms with E-state index in [2.05, 4.69) is 24.8 Å². The third kappa shape index (κ3) is 4.51. The zero-order valence-electron chi connectivity index (χ0n) is 21.5. The van der Waals surface area contributed by atoms with E-state index in [0.29, 0.717) is 30.2 Å². The molecule has 2 aliphatic rings. The van der Waals surface area contributed by atoms with Gasteiger partial charge in [-0.15, -0.1) is 0 Å². The minimum Gasteiger partial charge on any atom is -0.493 e. The van der Waals surface area contributed by atoms with E-state index in [1.54, 1.807) is 20.3 Å². The predicted molar refractivity (Wildman–Crippen MR) is 137 cm³/mol. The molecule has 0 saturated heterocycles. The van der Waals surface area contributed by atoms with Gasteiger partial charge in [0.15, 0.2) is 23.0 Å². The lowest BCUT2D eigenvalue weighted by molar-refractivity contribution is 0.118. The number of hydrogen-bond acceptors (Lipinski definition) is 7. The monoisotopic (exact) mass is 527 g/mol. The Morgan fingerprint density at radius 2 is 1.54 bits per heavy atom. The molecule has 1 atom stereocenters. The van der Waals surface area contributed by atoms with Crippen LogP contribution in [0.2, 0.25) is 0 Å². The van der Waals surface area contributed by atoms with Crippen molar-refractivity contribution in [1.82, 2.24) is 4.90 Å². The molecule has 7 nitrogen and oxygen atoms in total. The first-order chi connectivity index (χ1) is 17.6. The molecule has 37 heavy (non-hydrogen) atoms. The van der Waals surface area contributed by atoms with Gasteiger partial charge in [-0.2, -0.15) is 8.42 Å². The molecule has 0 fully saturated rings. The summed E-state index contributed by atoms with van der Waals surface area (Å²) in [6, 6.07) is 12.5. The predicted octanol–water partition coefficient (Wildman–Crippen LogP) is 5.01. The van der Waals surface area contributed by atoms with E-state index >= 15 is 0 Å². The van der Waals surface area contributed by atoms with Crippen LogP contribution in [0, 0.1) is 5.82 Å². The van der Waals surface area contributed by atoms with Crippen molar-refractivity contribution in [2.75, 3.05) is 27.9 Å². The van der Waals surface area contributed by atoms with E-state index in [0.717, 1.165) is 29.3 Å². The van der Waals surface area contributed by atoms with Crippen molar-refractivity contribution in [3.8, 4) is 23.0 Å². The van der Waals surface area contributed by atoms with Gasteiger partial charge in [0.25, 0.3) is 0 Å². The third-order valence-electron chi connectivity index (χ3n) is 7.24. The second-order valence-corrected chi connectivity index (χ2v) is 11.6. The largest absolute Gasteiger partial charge is 0.493 e. The molecule has 0 radical (unpaired) electrons. The molecule has 0 spiro atoms. The highest BCUT2D eigenvalue weighted by Crippen LogP contribution is 2.49. The van der Waals surface area contributed by atoms with E-state index in [-0.39, 0.29) is 22.1 Å². The van der Waals surface area contributed by atoms with Gasteiger partial charge in [0.2, 0.25) is 0 Å². The van der Waals surface area contributed by atoms with E-state index in [1.165, 1.54) is 30.9 Å². The number of ether oxygens (including phenoxy) is 3. The van der Waals surface area contributed by atoms with Gasteiger partial charge in [0, 0.05) is 24.5 Å². The van der Waals surface area contributed by atoms with Crippen LogP contribution in [-0.4, -0.2) is 41.2 Å². The van der Waals surface area contributed by atoms with Crippen molar-refractivity contribution in [3.63, 3.8) is 0 Å².